The topological polar surface area (TPSA) is 8.17 Å². The van der Waals surface area contributed by atoms with Crippen molar-refractivity contribution in [2.24, 2.45) is 0 Å². The van der Waals surface area contributed by atoms with Crippen molar-refractivity contribution < 1.29 is 0 Å². The third kappa shape index (κ3) is 5.07. The average Bonchev–Trinajstić information content (AvgIpc) is 3.84. The molecule has 2 heterocycles. The molecular weight excluding hydrogens is 685 g/mol. The van der Waals surface area contributed by atoms with Gasteiger partial charge in [-0.15, -0.1) is 11.3 Å². The van der Waals surface area contributed by atoms with Gasteiger partial charge in [0, 0.05) is 53.9 Å². The predicted octanol–water partition coefficient (Wildman–Crippen LogP) is 15.1. The largest absolute Gasteiger partial charge is 0.311 e. The molecule has 2 aromatic heterocycles. The summed E-state index contributed by atoms with van der Waals surface area (Å²) in [6, 6.07) is 57.9. The van der Waals surface area contributed by atoms with Crippen LogP contribution in [0.25, 0.3) is 72.0 Å². The Bertz CT molecular complexity index is 2960. The first-order chi connectivity index (χ1) is 27.0. The van der Waals surface area contributed by atoms with Crippen LogP contribution in [0.15, 0.2) is 170 Å². The Morgan fingerprint density at radius 1 is 0.600 bits per heavy atom. The first-order valence-corrected chi connectivity index (χ1v) is 19.8. The van der Waals surface area contributed by atoms with Crippen molar-refractivity contribution >= 4 is 72.4 Å². The molecule has 0 saturated heterocycles. The number of nitrogens with zero attached hydrogens (tertiary/aromatic N) is 2. The van der Waals surface area contributed by atoms with Gasteiger partial charge in [0.15, 0.2) is 0 Å². The van der Waals surface area contributed by atoms with Crippen LogP contribution in [0.4, 0.5) is 17.1 Å². The highest BCUT2D eigenvalue weighted by Crippen LogP contribution is 2.53. The lowest BCUT2D eigenvalue weighted by Crippen LogP contribution is -2.16. The van der Waals surface area contributed by atoms with Crippen LogP contribution < -0.4 is 4.90 Å². The molecule has 0 fully saturated rings. The normalized spacial score (nSPS) is 13.1. The molecule has 7 aromatic carbocycles. The van der Waals surface area contributed by atoms with Crippen molar-refractivity contribution in [2.45, 2.75) is 26.2 Å². The molecule has 0 amide bonds. The van der Waals surface area contributed by atoms with Gasteiger partial charge in [0.1, 0.15) is 0 Å². The van der Waals surface area contributed by atoms with Gasteiger partial charge in [-0.1, -0.05) is 136 Å². The first kappa shape index (κ1) is 33.2. The van der Waals surface area contributed by atoms with Crippen LogP contribution in [0.3, 0.4) is 0 Å². The van der Waals surface area contributed by atoms with E-state index >= 15 is 0 Å². The van der Waals surface area contributed by atoms with Gasteiger partial charge >= 0.3 is 0 Å². The molecule has 55 heavy (non-hydrogen) atoms. The molecule has 2 nitrogen and oxygen atoms in total. The maximum Gasteiger partial charge on any atom is 0.0588 e. The molecular formula is C52H40N2S. The third-order valence-corrected chi connectivity index (χ3v) is 12.7. The molecule has 1 aliphatic rings. The van der Waals surface area contributed by atoms with Crippen LogP contribution in [-0.2, 0) is 5.41 Å². The number of allylic oxidation sites excluding steroid dienone is 1. The molecule has 0 N–H and O–H groups in total. The number of para-hydroxylation sites is 2. The van der Waals surface area contributed by atoms with Crippen LogP contribution >= 0.6 is 11.3 Å². The van der Waals surface area contributed by atoms with Crippen LogP contribution in [0, 0.1) is 0 Å². The van der Waals surface area contributed by atoms with Crippen molar-refractivity contribution in [1.29, 1.82) is 0 Å². The van der Waals surface area contributed by atoms with Gasteiger partial charge in [-0.3, -0.25) is 0 Å². The van der Waals surface area contributed by atoms with E-state index in [4.69, 9.17) is 0 Å². The minimum atomic E-state index is -0.133. The summed E-state index contributed by atoms with van der Waals surface area (Å²) in [7, 11) is 0. The molecule has 0 atom stereocenters. The van der Waals surface area contributed by atoms with Gasteiger partial charge < -0.3 is 9.47 Å². The molecule has 0 bridgehead atoms. The minimum absolute atomic E-state index is 0.133. The summed E-state index contributed by atoms with van der Waals surface area (Å²) in [5.41, 5.74) is 16.0. The van der Waals surface area contributed by atoms with E-state index in [2.05, 4.69) is 207 Å². The van der Waals surface area contributed by atoms with Gasteiger partial charge in [0.25, 0.3) is 0 Å². The molecule has 0 radical (unpaired) electrons. The standard InChI is InChI=1S/C52H40N2S/c1-5-15-48-39(6-2)45-21-14-20-40(51(45)55-48)34-24-26-36(27-25-34)53(35-16-8-7-9-17-35)37-28-30-38(31-29-37)54-47-23-13-11-19-42(47)44-33-32-43-41-18-10-12-22-46(41)52(3,4)49(43)50(44)54/h5-33H,2H2,1,3-4H3/b15-5-. The maximum absolute atomic E-state index is 4.13. The van der Waals surface area contributed by atoms with Crippen molar-refractivity contribution in [3.63, 3.8) is 0 Å². The van der Waals surface area contributed by atoms with Gasteiger partial charge in [0.2, 0.25) is 0 Å². The Hall–Kier alpha value is -6.42. The van der Waals surface area contributed by atoms with Crippen LogP contribution in [0.1, 0.15) is 42.3 Å². The SMILES string of the molecule is C=Cc1c(/C=C\C)sc2c(-c3ccc(N(c4ccccc4)c4ccc(-n5c6ccccc6c6ccc7c(c65)C(C)(C)c5ccccc5-7)cc4)cc3)cccc12. The number of fused-ring (bicyclic) bond motifs is 8. The molecule has 0 unspecified atom stereocenters. The quantitative estimate of drug-likeness (QED) is 0.159. The molecule has 9 aromatic rings. The van der Waals surface area contributed by atoms with Crippen LogP contribution in [0.5, 0.6) is 0 Å². The van der Waals surface area contributed by atoms with Crippen molar-refractivity contribution in [3.8, 4) is 27.9 Å². The monoisotopic (exact) mass is 724 g/mol. The summed E-state index contributed by atoms with van der Waals surface area (Å²) in [5.74, 6) is 0. The highest BCUT2D eigenvalue weighted by atomic mass is 32.1. The molecule has 264 valence electrons. The minimum Gasteiger partial charge on any atom is -0.311 e. The van der Waals surface area contributed by atoms with Gasteiger partial charge in [0.05, 0.1) is 11.0 Å². The lowest BCUT2D eigenvalue weighted by molar-refractivity contribution is 0.664. The highest BCUT2D eigenvalue weighted by Gasteiger charge is 2.38. The molecule has 3 heteroatoms. The fourth-order valence-electron chi connectivity index (χ4n) is 9.02. The fraction of sp³-hybridized carbons (Fsp3) is 0.0769. The van der Waals surface area contributed by atoms with Crippen molar-refractivity contribution in [2.75, 3.05) is 4.90 Å². The Balaban J connectivity index is 1.09. The second-order valence-corrected chi connectivity index (χ2v) is 16.0. The zero-order valence-electron chi connectivity index (χ0n) is 31.3. The van der Waals surface area contributed by atoms with E-state index in [0.717, 1.165) is 22.7 Å². The second-order valence-electron chi connectivity index (χ2n) is 14.9. The van der Waals surface area contributed by atoms with Crippen LogP contribution in [0.2, 0.25) is 0 Å². The summed E-state index contributed by atoms with van der Waals surface area (Å²) in [6.45, 7) is 11.0. The lowest BCUT2D eigenvalue weighted by Gasteiger charge is -2.26. The zero-order valence-corrected chi connectivity index (χ0v) is 32.1. The van der Waals surface area contributed by atoms with Crippen LogP contribution in [-0.4, -0.2) is 4.57 Å². The Morgan fingerprint density at radius 3 is 2.02 bits per heavy atom. The van der Waals surface area contributed by atoms with Gasteiger partial charge in [-0.05, 0) is 107 Å². The number of hydrogen-bond acceptors (Lipinski definition) is 2. The van der Waals surface area contributed by atoms with E-state index in [1.807, 2.05) is 17.4 Å². The van der Waals surface area contributed by atoms with Crippen molar-refractivity contribution in [3.05, 3.63) is 192 Å². The summed E-state index contributed by atoms with van der Waals surface area (Å²) >= 11 is 1.83. The Labute approximate surface area is 326 Å². The molecule has 1 aliphatic carbocycles. The van der Waals surface area contributed by atoms with Gasteiger partial charge in [-0.25, -0.2) is 0 Å². The van der Waals surface area contributed by atoms with E-state index in [9.17, 15) is 0 Å². The van der Waals surface area contributed by atoms with Gasteiger partial charge in [-0.2, -0.15) is 0 Å². The zero-order chi connectivity index (χ0) is 37.3. The van der Waals surface area contributed by atoms with E-state index < -0.39 is 0 Å². The summed E-state index contributed by atoms with van der Waals surface area (Å²) in [5, 5.41) is 3.82. The Morgan fingerprint density at radius 2 is 1.25 bits per heavy atom. The molecule has 0 spiro atoms. The molecule has 0 saturated carbocycles. The van der Waals surface area contributed by atoms with E-state index in [1.165, 1.54) is 75.7 Å². The number of benzene rings is 7. The Kier molecular flexibility index (Phi) is 7.76. The number of rotatable bonds is 7. The smallest absolute Gasteiger partial charge is 0.0588 e. The lowest BCUT2D eigenvalue weighted by atomic mass is 9.81. The second kappa shape index (κ2) is 12.9. The van der Waals surface area contributed by atoms with E-state index in [-0.39, 0.29) is 5.41 Å². The number of hydrogen-bond donors (Lipinski definition) is 0. The molecule has 0 aliphatic heterocycles. The summed E-state index contributed by atoms with van der Waals surface area (Å²) in [4.78, 5) is 3.59. The van der Waals surface area contributed by atoms with E-state index in [1.54, 1.807) is 0 Å². The number of anilines is 3. The van der Waals surface area contributed by atoms with Crippen molar-refractivity contribution in [1.82, 2.24) is 4.57 Å². The maximum atomic E-state index is 4.13. The predicted molar refractivity (Wildman–Crippen MR) is 239 cm³/mol. The summed E-state index contributed by atoms with van der Waals surface area (Å²) in [6.07, 6.45) is 6.27. The summed E-state index contributed by atoms with van der Waals surface area (Å²) < 4.78 is 3.78. The molecule has 10 rings (SSSR count). The average molecular weight is 725 g/mol. The number of aromatic nitrogens is 1. The van der Waals surface area contributed by atoms with E-state index in [0.29, 0.717) is 0 Å². The highest BCUT2D eigenvalue weighted by molar-refractivity contribution is 7.20. The first-order valence-electron chi connectivity index (χ1n) is 19.0. The third-order valence-electron chi connectivity index (χ3n) is 11.5. The fourth-order valence-corrected chi connectivity index (χ4v) is 10.3. The number of thiophene rings is 1.